The molecule has 2 rings (SSSR count). The van der Waals surface area contributed by atoms with Crippen molar-refractivity contribution in [2.24, 2.45) is 0 Å². The van der Waals surface area contributed by atoms with Gasteiger partial charge in [-0.05, 0) is 51.0 Å². The molecule has 1 heterocycles. The minimum atomic E-state index is -0.331. The van der Waals surface area contributed by atoms with Crippen LogP contribution >= 0.6 is 0 Å². The van der Waals surface area contributed by atoms with Crippen molar-refractivity contribution in [3.8, 4) is 5.75 Å². The number of rotatable bonds is 3. The van der Waals surface area contributed by atoms with Crippen LogP contribution in [0, 0.1) is 0 Å². The van der Waals surface area contributed by atoms with Gasteiger partial charge in [0.25, 0.3) is 5.91 Å². The van der Waals surface area contributed by atoms with Crippen LogP contribution in [0.1, 0.15) is 26.7 Å². The van der Waals surface area contributed by atoms with Gasteiger partial charge >= 0.3 is 0 Å². The Morgan fingerprint density at radius 2 is 2.00 bits per heavy atom. The van der Waals surface area contributed by atoms with Crippen molar-refractivity contribution >= 4 is 11.6 Å². The molecule has 1 saturated heterocycles. The second-order valence-electron chi connectivity index (χ2n) is 5.50. The molecule has 0 bridgehead atoms. The van der Waals surface area contributed by atoms with E-state index in [1.807, 2.05) is 38.1 Å². The zero-order chi connectivity index (χ0) is 14.0. The van der Waals surface area contributed by atoms with Crippen molar-refractivity contribution in [2.75, 3.05) is 19.1 Å². The minimum Gasteiger partial charge on any atom is -0.497 e. The number of hydrogen-bond donors (Lipinski definition) is 0. The van der Waals surface area contributed by atoms with E-state index in [0.29, 0.717) is 0 Å². The van der Waals surface area contributed by atoms with Gasteiger partial charge in [-0.3, -0.25) is 4.79 Å². The number of hydrogen-bond acceptors (Lipinski definition) is 3. The number of likely N-dealkylation sites (N-methyl/N-ethyl adjacent to an activating group) is 1. The molecule has 1 fully saturated rings. The Balaban J connectivity index is 2.06. The summed E-state index contributed by atoms with van der Waals surface area (Å²) in [5.74, 6) is 0.790. The van der Waals surface area contributed by atoms with Crippen molar-refractivity contribution in [3.05, 3.63) is 24.3 Å². The Labute approximate surface area is 114 Å². The molecule has 0 saturated carbocycles. The molecule has 1 amide bonds. The summed E-state index contributed by atoms with van der Waals surface area (Å²) in [6.45, 7) is 4.04. The van der Waals surface area contributed by atoms with Crippen LogP contribution in [0.5, 0.6) is 5.75 Å². The monoisotopic (exact) mass is 263 g/mol. The van der Waals surface area contributed by atoms with Gasteiger partial charge in [0.15, 0.2) is 0 Å². The first kappa shape index (κ1) is 13.9. The molecule has 1 atom stereocenters. The summed E-state index contributed by atoms with van der Waals surface area (Å²) < 4.78 is 10.9. The summed E-state index contributed by atoms with van der Waals surface area (Å²) in [4.78, 5) is 14.0. The number of amides is 1. The zero-order valence-corrected chi connectivity index (χ0v) is 12.0. The van der Waals surface area contributed by atoms with E-state index in [0.717, 1.165) is 24.3 Å². The van der Waals surface area contributed by atoms with E-state index >= 15 is 0 Å². The average molecular weight is 263 g/mol. The Kier molecular flexibility index (Phi) is 3.80. The summed E-state index contributed by atoms with van der Waals surface area (Å²) in [7, 11) is 3.40. The van der Waals surface area contributed by atoms with E-state index in [1.165, 1.54) is 0 Å². The maximum Gasteiger partial charge on any atom is 0.255 e. The first-order valence-electron chi connectivity index (χ1n) is 6.52. The SMILES string of the molecule is COc1ccc(N(C)C(=O)C2CCC(C)(C)O2)cc1. The van der Waals surface area contributed by atoms with E-state index in [9.17, 15) is 4.79 Å². The van der Waals surface area contributed by atoms with Gasteiger partial charge in [0, 0.05) is 12.7 Å². The maximum atomic E-state index is 12.4. The van der Waals surface area contributed by atoms with Crippen molar-refractivity contribution < 1.29 is 14.3 Å². The highest BCUT2D eigenvalue weighted by Crippen LogP contribution is 2.31. The fourth-order valence-electron chi connectivity index (χ4n) is 2.30. The normalized spacial score (nSPS) is 21.2. The van der Waals surface area contributed by atoms with Crippen molar-refractivity contribution in [1.82, 2.24) is 0 Å². The van der Waals surface area contributed by atoms with Crippen LogP contribution < -0.4 is 9.64 Å². The molecule has 4 heteroatoms. The highest BCUT2D eigenvalue weighted by Gasteiger charge is 2.37. The molecule has 0 aliphatic carbocycles. The molecule has 104 valence electrons. The first-order valence-corrected chi connectivity index (χ1v) is 6.52. The number of carbonyl (C=O) groups excluding carboxylic acids is 1. The fraction of sp³-hybridized carbons (Fsp3) is 0.533. The third-order valence-corrected chi connectivity index (χ3v) is 3.54. The minimum absolute atomic E-state index is 0.00995. The molecule has 1 aromatic carbocycles. The van der Waals surface area contributed by atoms with Crippen molar-refractivity contribution in [3.63, 3.8) is 0 Å². The third kappa shape index (κ3) is 3.07. The molecule has 1 aromatic rings. The van der Waals surface area contributed by atoms with E-state index in [4.69, 9.17) is 9.47 Å². The van der Waals surface area contributed by atoms with Crippen LogP contribution in [-0.2, 0) is 9.53 Å². The molecule has 19 heavy (non-hydrogen) atoms. The lowest BCUT2D eigenvalue weighted by Gasteiger charge is -2.23. The molecule has 0 N–H and O–H groups in total. The Hall–Kier alpha value is -1.55. The molecule has 0 spiro atoms. The van der Waals surface area contributed by atoms with Gasteiger partial charge in [0.1, 0.15) is 11.9 Å². The van der Waals surface area contributed by atoms with E-state index in [1.54, 1.807) is 19.1 Å². The Bertz CT molecular complexity index is 453. The average Bonchev–Trinajstić information content (AvgIpc) is 2.77. The lowest BCUT2D eigenvalue weighted by molar-refractivity contribution is -0.132. The second-order valence-corrected chi connectivity index (χ2v) is 5.50. The van der Waals surface area contributed by atoms with Crippen LogP contribution in [0.4, 0.5) is 5.69 Å². The molecule has 1 aliphatic heterocycles. The first-order chi connectivity index (χ1) is 8.93. The van der Waals surface area contributed by atoms with Gasteiger partial charge in [-0.25, -0.2) is 0 Å². The molecule has 0 radical (unpaired) electrons. The zero-order valence-electron chi connectivity index (χ0n) is 12.0. The van der Waals surface area contributed by atoms with Crippen LogP contribution in [0.25, 0.3) is 0 Å². The molecule has 1 aliphatic rings. The third-order valence-electron chi connectivity index (χ3n) is 3.54. The summed E-state index contributed by atoms with van der Waals surface area (Å²) in [5.41, 5.74) is 0.653. The highest BCUT2D eigenvalue weighted by atomic mass is 16.5. The summed E-state index contributed by atoms with van der Waals surface area (Å²) >= 11 is 0. The van der Waals surface area contributed by atoms with Crippen molar-refractivity contribution in [2.45, 2.75) is 38.4 Å². The number of benzene rings is 1. The molecule has 4 nitrogen and oxygen atoms in total. The number of carbonyl (C=O) groups is 1. The summed E-state index contributed by atoms with van der Waals surface area (Å²) in [5, 5.41) is 0. The van der Waals surface area contributed by atoms with E-state index < -0.39 is 0 Å². The maximum absolute atomic E-state index is 12.4. The van der Waals surface area contributed by atoms with E-state index in [-0.39, 0.29) is 17.6 Å². The highest BCUT2D eigenvalue weighted by molar-refractivity contribution is 5.96. The smallest absolute Gasteiger partial charge is 0.255 e. The summed E-state index contributed by atoms with van der Waals surface area (Å²) in [6, 6.07) is 7.44. The lowest BCUT2D eigenvalue weighted by atomic mass is 10.1. The molecule has 0 aromatic heterocycles. The van der Waals surface area contributed by atoms with Gasteiger partial charge < -0.3 is 14.4 Å². The Morgan fingerprint density at radius 3 is 2.47 bits per heavy atom. The van der Waals surface area contributed by atoms with Crippen molar-refractivity contribution in [1.29, 1.82) is 0 Å². The lowest BCUT2D eigenvalue weighted by Crippen LogP contribution is -2.37. The van der Waals surface area contributed by atoms with Gasteiger partial charge in [-0.1, -0.05) is 0 Å². The van der Waals surface area contributed by atoms with Gasteiger partial charge in [-0.15, -0.1) is 0 Å². The number of methoxy groups -OCH3 is 1. The van der Waals surface area contributed by atoms with Crippen LogP contribution in [-0.4, -0.2) is 31.8 Å². The predicted molar refractivity (Wildman–Crippen MR) is 74.6 cm³/mol. The largest absolute Gasteiger partial charge is 0.497 e. The summed E-state index contributed by atoms with van der Waals surface area (Å²) in [6.07, 6.45) is 1.37. The number of anilines is 1. The molecule has 1 unspecified atom stereocenters. The van der Waals surface area contributed by atoms with Gasteiger partial charge in [0.05, 0.1) is 12.7 Å². The Morgan fingerprint density at radius 1 is 1.37 bits per heavy atom. The quantitative estimate of drug-likeness (QED) is 0.841. The topological polar surface area (TPSA) is 38.8 Å². The van der Waals surface area contributed by atoms with Gasteiger partial charge in [0.2, 0.25) is 0 Å². The number of ether oxygens (including phenoxy) is 2. The van der Waals surface area contributed by atoms with Gasteiger partial charge in [-0.2, -0.15) is 0 Å². The molecular weight excluding hydrogens is 242 g/mol. The van der Waals surface area contributed by atoms with E-state index in [2.05, 4.69) is 0 Å². The number of nitrogens with zero attached hydrogens (tertiary/aromatic N) is 1. The standard InChI is InChI=1S/C15H21NO3/c1-15(2)10-9-13(19-15)14(17)16(3)11-5-7-12(18-4)8-6-11/h5-8,13H,9-10H2,1-4H3. The van der Waals surface area contributed by atoms with Crippen LogP contribution in [0.2, 0.25) is 0 Å². The fourth-order valence-corrected chi connectivity index (χ4v) is 2.30. The van der Waals surface area contributed by atoms with Crippen LogP contribution in [0.15, 0.2) is 24.3 Å². The molecular formula is C15H21NO3. The second kappa shape index (κ2) is 5.21. The van der Waals surface area contributed by atoms with Crippen LogP contribution in [0.3, 0.4) is 0 Å². The predicted octanol–water partition coefficient (Wildman–Crippen LogP) is 2.62.